The van der Waals surface area contributed by atoms with Crippen LogP contribution in [0.1, 0.15) is 30.9 Å². The van der Waals surface area contributed by atoms with Crippen molar-refractivity contribution in [1.29, 1.82) is 0 Å². The highest BCUT2D eigenvalue weighted by Crippen LogP contribution is 2.35. The third-order valence-corrected chi connectivity index (χ3v) is 5.00. The van der Waals surface area contributed by atoms with Crippen LogP contribution in [0.5, 0.6) is 5.75 Å². The summed E-state index contributed by atoms with van der Waals surface area (Å²) in [6.07, 6.45) is 5.41. The number of aliphatic hydroxyl groups is 1. The first kappa shape index (κ1) is 17.4. The molecule has 2 heterocycles. The molecule has 3 rings (SSSR count). The fourth-order valence-electron chi connectivity index (χ4n) is 3.55. The molecule has 2 atom stereocenters. The van der Waals surface area contributed by atoms with Crippen LogP contribution in [0.3, 0.4) is 0 Å². The number of hydrogen-bond donors (Lipinski definition) is 1. The monoisotopic (exact) mass is 340 g/mol. The second-order valence-corrected chi connectivity index (χ2v) is 6.65. The summed E-state index contributed by atoms with van der Waals surface area (Å²) in [6.45, 7) is 2.47. The first-order valence-corrected chi connectivity index (χ1v) is 8.57. The van der Waals surface area contributed by atoms with Crippen molar-refractivity contribution in [3.05, 3.63) is 59.9 Å². The van der Waals surface area contributed by atoms with E-state index in [2.05, 4.69) is 4.98 Å². The second-order valence-electron chi connectivity index (χ2n) is 6.65. The van der Waals surface area contributed by atoms with Crippen LogP contribution in [0.2, 0.25) is 0 Å². The molecule has 1 aromatic heterocycles. The molecule has 1 aromatic carbocycles. The predicted molar refractivity (Wildman–Crippen MR) is 95.2 cm³/mol. The van der Waals surface area contributed by atoms with Gasteiger partial charge in [-0.2, -0.15) is 0 Å². The van der Waals surface area contributed by atoms with Gasteiger partial charge in [0.05, 0.1) is 19.6 Å². The Labute approximate surface area is 148 Å². The summed E-state index contributed by atoms with van der Waals surface area (Å²) < 4.78 is 5.18. The van der Waals surface area contributed by atoms with Crippen molar-refractivity contribution in [2.45, 2.75) is 37.8 Å². The molecule has 0 saturated carbocycles. The number of methoxy groups -OCH3 is 1. The molecule has 2 aromatic rings. The number of carbonyl (C=O) groups excluding carboxylic acids is 1. The van der Waals surface area contributed by atoms with E-state index < -0.39 is 5.60 Å². The van der Waals surface area contributed by atoms with E-state index in [4.69, 9.17) is 4.74 Å². The largest absolute Gasteiger partial charge is 0.497 e. The fraction of sp³-hybridized carbons (Fsp3) is 0.400. The van der Waals surface area contributed by atoms with Crippen LogP contribution >= 0.6 is 0 Å². The van der Waals surface area contributed by atoms with Crippen LogP contribution in [0.15, 0.2) is 48.8 Å². The van der Waals surface area contributed by atoms with E-state index in [1.165, 1.54) is 0 Å². The zero-order valence-corrected chi connectivity index (χ0v) is 14.7. The minimum atomic E-state index is -1.10. The lowest BCUT2D eigenvalue weighted by atomic mass is 9.86. The van der Waals surface area contributed by atoms with Gasteiger partial charge in [0, 0.05) is 18.9 Å². The summed E-state index contributed by atoms with van der Waals surface area (Å²) >= 11 is 0. The quantitative estimate of drug-likeness (QED) is 0.908. The number of likely N-dealkylation sites (tertiary alicyclic amines) is 1. The normalized spacial score (nSPS) is 19.5. The van der Waals surface area contributed by atoms with Gasteiger partial charge in [-0.25, -0.2) is 0 Å². The molecule has 1 aliphatic heterocycles. The summed E-state index contributed by atoms with van der Waals surface area (Å²) in [4.78, 5) is 18.6. The third kappa shape index (κ3) is 3.66. The molecule has 0 radical (unpaired) electrons. The zero-order chi connectivity index (χ0) is 17.9. The first-order chi connectivity index (χ1) is 12.0. The van der Waals surface area contributed by atoms with Crippen LogP contribution < -0.4 is 4.74 Å². The molecule has 132 valence electrons. The molecule has 0 aliphatic carbocycles. The van der Waals surface area contributed by atoms with Crippen molar-refractivity contribution < 1.29 is 14.6 Å². The Morgan fingerprint density at radius 1 is 1.28 bits per heavy atom. The maximum absolute atomic E-state index is 12.8. The molecule has 1 N–H and O–H groups in total. The standard InChI is InChI=1S/C20H24N2O3/c1-20(24,16-5-7-17(25-2)8-6-16)18-4-3-13-22(18)19(23)14-15-9-11-21-12-10-15/h5-12,18,24H,3-4,13-14H2,1-2H3/t18-,20+/m1/s1. The Balaban J connectivity index is 1.78. The van der Waals surface area contributed by atoms with Crippen molar-refractivity contribution in [2.75, 3.05) is 13.7 Å². The SMILES string of the molecule is COc1ccc([C@](C)(O)[C@H]2CCCN2C(=O)Cc2ccncc2)cc1. The highest BCUT2D eigenvalue weighted by molar-refractivity contribution is 5.79. The van der Waals surface area contributed by atoms with Crippen LogP contribution in [0.4, 0.5) is 0 Å². The van der Waals surface area contributed by atoms with Gasteiger partial charge in [0.2, 0.25) is 5.91 Å². The van der Waals surface area contributed by atoms with Crippen molar-refractivity contribution in [2.24, 2.45) is 0 Å². The van der Waals surface area contributed by atoms with Crippen LogP contribution in [0.25, 0.3) is 0 Å². The van der Waals surface area contributed by atoms with Gasteiger partial charge in [-0.15, -0.1) is 0 Å². The molecule has 0 spiro atoms. The van der Waals surface area contributed by atoms with E-state index in [1.54, 1.807) is 26.4 Å². The van der Waals surface area contributed by atoms with E-state index >= 15 is 0 Å². The van der Waals surface area contributed by atoms with Crippen molar-refractivity contribution >= 4 is 5.91 Å². The Morgan fingerprint density at radius 3 is 2.60 bits per heavy atom. The van der Waals surface area contributed by atoms with Crippen LogP contribution in [-0.2, 0) is 16.8 Å². The highest BCUT2D eigenvalue weighted by Gasteiger charge is 2.42. The summed E-state index contributed by atoms with van der Waals surface area (Å²) in [5.41, 5.74) is 0.632. The number of hydrogen-bond acceptors (Lipinski definition) is 4. The van der Waals surface area contributed by atoms with Gasteiger partial charge in [-0.05, 0) is 55.2 Å². The zero-order valence-electron chi connectivity index (χ0n) is 14.7. The Kier molecular flexibility index (Phi) is 5.04. The van der Waals surface area contributed by atoms with E-state index in [0.29, 0.717) is 13.0 Å². The van der Waals surface area contributed by atoms with Gasteiger partial charge in [0.15, 0.2) is 0 Å². The Hall–Kier alpha value is -2.40. The van der Waals surface area contributed by atoms with Gasteiger partial charge >= 0.3 is 0 Å². The van der Waals surface area contributed by atoms with Gasteiger partial charge in [0.25, 0.3) is 0 Å². The summed E-state index contributed by atoms with van der Waals surface area (Å²) in [7, 11) is 1.61. The second kappa shape index (κ2) is 7.23. The molecule has 1 aliphatic rings. The molecular weight excluding hydrogens is 316 g/mol. The molecule has 1 fully saturated rings. The van der Waals surface area contributed by atoms with E-state index in [9.17, 15) is 9.90 Å². The summed E-state index contributed by atoms with van der Waals surface area (Å²) in [5.74, 6) is 0.791. The Morgan fingerprint density at radius 2 is 1.96 bits per heavy atom. The lowest BCUT2D eigenvalue weighted by Gasteiger charge is -2.37. The minimum absolute atomic E-state index is 0.0440. The molecule has 5 nitrogen and oxygen atoms in total. The maximum Gasteiger partial charge on any atom is 0.227 e. The van der Waals surface area contributed by atoms with Gasteiger partial charge in [0.1, 0.15) is 11.4 Å². The molecule has 0 bridgehead atoms. The summed E-state index contributed by atoms with van der Waals surface area (Å²) in [6, 6.07) is 10.9. The number of carbonyl (C=O) groups is 1. The first-order valence-electron chi connectivity index (χ1n) is 8.57. The number of benzene rings is 1. The number of rotatable bonds is 5. The van der Waals surface area contributed by atoms with E-state index in [1.807, 2.05) is 41.3 Å². The van der Waals surface area contributed by atoms with Crippen LogP contribution in [-0.4, -0.2) is 40.6 Å². The number of aromatic nitrogens is 1. The number of nitrogens with zero attached hydrogens (tertiary/aromatic N) is 2. The van der Waals surface area contributed by atoms with Gasteiger partial charge < -0.3 is 14.7 Å². The van der Waals surface area contributed by atoms with Crippen LogP contribution in [0, 0.1) is 0 Å². The van der Waals surface area contributed by atoms with E-state index in [-0.39, 0.29) is 11.9 Å². The highest BCUT2D eigenvalue weighted by atomic mass is 16.5. The predicted octanol–water partition coefficient (Wildman–Crippen LogP) is 2.53. The molecule has 1 saturated heterocycles. The smallest absolute Gasteiger partial charge is 0.227 e. The summed E-state index contributed by atoms with van der Waals surface area (Å²) in [5, 5.41) is 11.2. The molecule has 0 unspecified atom stereocenters. The minimum Gasteiger partial charge on any atom is -0.497 e. The van der Waals surface area contributed by atoms with Crippen molar-refractivity contribution in [1.82, 2.24) is 9.88 Å². The van der Waals surface area contributed by atoms with Crippen molar-refractivity contribution in [3.63, 3.8) is 0 Å². The number of pyridine rings is 1. The topological polar surface area (TPSA) is 62.7 Å². The molecule has 5 heteroatoms. The van der Waals surface area contributed by atoms with Gasteiger partial charge in [-0.1, -0.05) is 12.1 Å². The Bertz CT molecular complexity index is 713. The van der Waals surface area contributed by atoms with Gasteiger partial charge in [-0.3, -0.25) is 9.78 Å². The lowest BCUT2D eigenvalue weighted by molar-refractivity contribution is -0.137. The molecule has 1 amide bonds. The molecule has 25 heavy (non-hydrogen) atoms. The average Bonchev–Trinajstić information content (AvgIpc) is 3.13. The third-order valence-electron chi connectivity index (χ3n) is 5.00. The lowest BCUT2D eigenvalue weighted by Crippen LogP contribution is -2.48. The van der Waals surface area contributed by atoms with Crippen molar-refractivity contribution in [3.8, 4) is 5.75 Å². The molecular formula is C20H24N2O3. The number of ether oxygens (including phenoxy) is 1. The maximum atomic E-state index is 12.8. The number of amides is 1. The van der Waals surface area contributed by atoms with E-state index in [0.717, 1.165) is 29.7 Å². The average molecular weight is 340 g/mol. The fourth-order valence-corrected chi connectivity index (χ4v) is 3.55.